The number of nitrogens with one attached hydrogen (secondary N) is 1. The molecule has 0 unspecified atom stereocenters. The number of halogens is 1. The molecule has 0 aromatic carbocycles. The second-order valence-corrected chi connectivity index (χ2v) is 3.92. The fraction of sp³-hybridized carbons (Fsp3) is 0.500. The number of hydrogen-bond acceptors (Lipinski definition) is 4. The van der Waals surface area contributed by atoms with Gasteiger partial charge >= 0.3 is 0 Å². The predicted molar refractivity (Wildman–Crippen MR) is 57.4 cm³/mol. The molecule has 0 aliphatic rings. The average Bonchev–Trinajstić information content (AvgIpc) is 2.50. The highest BCUT2D eigenvalue weighted by Crippen LogP contribution is 2.12. The molecule has 0 fully saturated rings. The third kappa shape index (κ3) is 3.74. The van der Waals surface area contributed by atoms with Crippen molar-refractivity contribution in [3.63, 3.8) is 0 Å². The zero-order valence-electron chi connectivity index (χ0n) is 7.51. The van der Waals surface area contributed by atoms with Crippen LogP contribution in [0.25, 0.3) is 0 Å². The summed E-state index contributed by atoms with van der Waals surface area (Å²) < 4.78 is 4.18. The topological polar surface area (TPSA) is 37.8 Å². The normalized spacial score (nSPS) is 10.0. The van der Waals surface area contributed by atoms with Crippen LogP contribution in [0.1, 0.15) is 19.2 Å². The Kier molecular flexibility index (Phi) is 4.18. The molecule has 13 heavy (non-hydrogen) atoms. The molecule has 3 nitrogen and oxygen atoms in total. The van der Waals surface area contributed by atoms with Gasteiger partial charge < -0.3 is 5.32 Å². The molecular weight excluding hydrogens is 206 g/mol. The third-order valence-electron chi connectivity index (χ3n) is 1.37. The van der Waals surface area contributed by atoms with Crippen molar-refractivity contribution in [2.75, 3.05) is 11.9 Å². The number of aromatic nitrogens is 2. The molecule has 1 aromatic heterocycles. The highest BCUT2D eigenvalue weighted by atomic mass is 35.5. The van der Waals surface area contributed by atoms with E-state index in [0.717, 1.165) is 23.8 Å². The minimum Gasteiger partial charge on any atom is -0.355 e. The second-order valence-electron chi connectivity index (χ2n) is 2.64. The van der Waals surface area contributed by atoms with Crippen molar-refractivity contribution < 1.29 is 0 Å². The first-order valence-corrected chi connectivity index (χ1v) is 5.27. The van der Waals surface area contributed by atoms with Crippen molar-refractivity contribution in [3.05, 3.63) is 17.4 Å². The van der Waals surface area contributed by atoms with Gasteiger partial charge in [-0.15, -0.1) is 0 Å². The molecule has 1 heterocycles. The first kappa shape index (κ1) is 10.5. The lowest BCUT2D eigenvalue weighted by Gasteiger charge is -1.97. The van der Waals surface area contributed by atoms with Gasteiger partial charge in [-0.05, 0) is 6.42 Å². The van der Waals surface area contributed by atoms with Crippen molar-refractivity contribution in [1.82, 2.24) is 9.36 Å². The lowest BCUT2D eigenvalue weighted by Crippen LogP contribution is -2.00. The summed E-state index contributed by atoms with van der Waals surface area (Å²) in [5.41, 5.74) is 0. The zero-order valence-corrected chi connectivity index (χ0v) is 9.08. The number of anilines is 1. The fourth-order valence-corrected chi connectivity index (χ4v) is 1.50. The van der Waals surface area contributed by atoms with Crippen LogP contribution in [0.15, 0.2) is 11.6 Å². The maximum Gasteiger partial charge on any atom is 0.202 e. The number of aryl methyl sites for hydroxylation is 1. The Morgan fingerprint density at radius 3 is 3.08 bits per heavy atom. The number of nitrogens with zero attached hydrogens (tertiary/aromatic N) is 2. The van der Waals surface area contributed by atoms with E-state index in [-0.39, 0.29) is 0 Å². The smallest absolute Gasteiger partial charge is 0.202 e. The van der Waals surface area contributed by atoms with E-state index in [1.54, 1.807) is 0 Å². The van der Waals surface area contributed by atoms with Gasteiger partial charge in [-0.25, -0.2) is 4.98 Å². The van der Waals surface area contributed by atoms with Crippen molar-refractivity contribution in [2.45, 2.75) is 19.8 Å². The maximum absolute atomic E-state index is 5.60. The monoisotopic (exact) mass is 217 g/mol. The van der Waals surface area contributed by atoms with E-state index in [4.69, 9.17) is 11.6 Å². The van der Waals surface area contributed by atoms with Gasteiger partial charge in [0.1, 0.15) is 5.82 Å². The molecule has 0 atom stereocenters. The Hall–Kier alpha value is -0.610. The maximum atomic E-state index is 5.60. The SMILES string of the molecule is C=C(Cl)CNc1nc(CCC)ns1. The van der Waals surface area contributed by atoms with Crippen molar-refractivity contribution in [1.29, 1.82) is 0 Å². The summed E-state index contributed by atoms with van der Waals surface area (Å²) >= 11 is 6.95. The Bertz CT molecular complexity index is 285. The van der Waals surface area contributed by atoms with Crippen LogP contribution in [-0.4, -0.2) is 15.9 Å². The van der Waals surface area contributed by atoms with Crippen LogP contribution in [0.2, 0.25) is 0 Å². The van der Waals surface area contributed by atoms with Crippen LogP contribution >= 0.6 is 23.1 Å². The minimum absolute atomic E-state index is 0.544. The van der Waals surface area contributed by atoms with Crippen LogP contribution in [0.4, 0.5) is 5.13 Å². The summed E-state index contributed by atoms with van der Waals surface area (Å²) in [7, 11) is 0. The molecule has 5 heteroatoms. The summed E-state index contributed by atoms with van der Waals surface area (Å²) in [6.07, 6.45) is 2.00. The molecule has 0 spiro atoms. The van der Waals surface area contributed by atoms with Crippen molar-refractivity contribution in [2.24, 2.45) is 0 Å². The molecular formula is C8H12ClN3S. The largest absolute Gasteiger partial charge is 0.355 e. The molecule has 0 amide bonds. The zero-order chi connectivity index (χ0) is 9.68. The molecule has 0 aliphatic carbocycles. The van der Waals surface area contributed by atoms with Gasteiger partial charge in [0.2, 0.25) is 5.13 Å². The lowest BCUT2D eigenvalue weighted by atomic mass is 10.3. The van der Waals surface area contributed by atoms with Crippen molar-refractivity contribution >= 4 is 28.3 Å². The predicted octanol–water partition coefficient (Wildman–Crippen LogP) is 2.66. The van der Waals surface area contributed by atoms with Gasteiger partial charge in [-0.2, -0.15) is 4.37 Å². The Balaban J connectivity index is 2.44. The van der Waals surface area contributed by atoms with Gasteiger partial charge in [0, 0.05) is 23.0 Å². The van der Waals surface area contributed by atoms with Gasteiger partial charge in [-0.3, -0.25) is 0 Å². The van der Waals surface area contributed by atoms with E-state index in [9.17, 15) is 0 Å². The average molecular weight is 218 g/mol. The Labute approximate surface area is 87.0 Å². The minimum atomic E-state index is 0.544. The van der Waals surface area contributed by atoms with E-state index in [1.807, 2.05) is 0 Å². The van der Waals surface area contributed by atoms with E-state index in [0.29, 0.717) is 11.6 Å². The summed E-state index contributed by atoms with van der Waals surface area (Å²) in [4.78, 5) is 4.27. The molecule has 0 aliphatic heterocycles. The first-order valence-electron chi connectivity index (χ1n) is 4.12. The van der Waals surface area contributed by atoms with Gasteiger partial charge in [0.05, 0.1) is 6.54 Å². The van der Waals surface area contributed by atoms with Gasteiger partial charge in [-0.1, -0.05) is 25.1 Å². The number of hydrogen-bond donors (Lipinski definition) is 1. The standard InChI is InChI=1S/C8H12ClN3S/c1-3-4-7-11-8(13-12-7)10-5-6(2)9/h2-5H2,1H3,(H,10,11,12). The first-order chi connectivity index (χ1) is 6.22. The molecule has 0 saturated heterocycles. The van der Waals surface area contributed by atoms with Crippen LogP contribution in [0.5, 0.6) is 0 Å². The van der Waals surface area contributed by atoms with E-state index in [1.165, 1.54) is 11.5 Å². The summed E-state index contributed by atoms with van der Waals surface area (Å²) in [5.74, 6) is 0.898. The third-order valence-corrected chi connectivity index (χ3v) is 2.22. The van der Waals surface area contributed by atoms with Crippen LogP contribution in [0.3, 0.4) is 0 Å². The Morgan fingerprint density at radius 2 is 2.46 bits per heavy atom. The highest BCUT2D eigenvalue weighted by Gasteiger charge is 2.01. The summed E-state index contributed by atoms with van der Waals surface area (Å²) in [6.45, 7) is 6.22. The molecule has 72 valence electrons. The summed E-state index contributed by atoms with van der Waals surface area (Å²) in [6, 6.07) is 0. The van der Waals surface area contributed by atoms with E-state index >= 15 is 0 Å². The summed E-state index contributed by atoms with van der Waals surface area (Å²) in [5, 5.41) is 4.42. The molecule has 1 N–H and O–H groups in total. The number of rotatable bonds is 5. The van der Waals surface area contributed by atoms with Crippen LogP contribution in [-0.2, 0) is 6.42 Å². The van der Waals surface area contributed by atoms with Crippen LogP contribution < -0.4 is 5.32 Å². The molecule has 0 bridgehead atoms. The molecule has 0 radical (unpaired) electrons. The molecule has 0 saturated carbocycles. The molecule has 1 rings (SSSR count). The highest BCUT2D eigenvalue weighted by molar-refractivity contribution is 7.09. The van der Waals surface area contributed by atoms with Gasteiger partial charge in [0.15, 0.2) is 0 Å². The van der Waals surface area contributed by atoms with Gasteiger partial charge in [0.25, 0.3) is 0 Å². The van der Waals surface area contributed by atoms with Crippen molar-refractivity contribution in [3.8, 4) is 0 Å². The van der Waals surface area contributed by atoms with Crippen LogP contribution in [0, 0.1) is 0 Å². The van der Waals surface area contributed by atoms with E-state index < -0.39 is 0 Å². The quantitative estimate of drug-likeness (QED) is 0.824. The Morgan fingerprint density at radius 1 is 1.69 bits per heavy atom. The second kappa shape index (κ2) is 5.19. The fourth-order valence-electron chi connectivity index (χ4n) is 0.822. The van der Waals surface area contributed by atoms with E-state index in [2.05, 4.69) is 28.2 Å². The molecule has 1 aromatic rings. The lowest BCUT2D eigenvalue weighted by molar-refractivity contribution is 0.861.